The lowest BCUT2D eigenvalue weighted by Crippen LogP contribution is -2.19. The summed E-state index contributed by atoms with van der Waals surface area (Å²) in [7, 11) is 0. The molecule has 2 atom stereocenters. The molecule has 1 aliphatic heterocycles. The van der Waals surface area contributed by atoms with E-state index in [4.69, 9.17) is 5.73 Å². The quantitative estimate of drug-likeness (QED) is 0.889. The maximum absolute atomic E-state index is 12.9. The molecule has 2 unspecified atom stereocenters. The van der Waals surface area contributed by atoms with Gasteiger partial charge in [0.05, 0.1) is 0 Å². The summed E-state index contributed by atoms with van der Waals surface area (Å²) in [4.78, 5) is 1.32. The van der Waals surface area contributed by atoms with E-state index in [9.17, 15) is 4.39 Å². The second kappa shape index (κ2) is 4.75. The number of thioether (sulfide) groups is 1. The minimum absolute atomic E-state index is 0.0678. The lowest BCUT2D eigenvalue weighted by atomic mass is 9.89. The van der Waals surface area contributed by atoms with Crippen LogP contribution in [0.3, 0.4) is 0 Å². The van der Waals surface area contributed by atoms with E-state index in [1.165, 1.54) is 22.6 Å². The highest BCUT2D eigenvalue weighted by atomic mass is 32.2. The number of nitrogens with two attached hydrogens (primary N) is 1. The van der Waals surface area contributed by atoms with Crippen LogP contribution in [0.25, 0.3) is 0 Å². The third-order valence-corrected chi connectivity index (χ3v) is 4.63. The summed E-state index contributed by atoms with van der Waals surface area (Å²) in [5.41, 5.74) is 8.65. The molecule has 0 saturated carbocycles. The summed E-state index contributed by atoms with van der Waals surface area (Å²) in [6.07, 6.45) is 0. The van der Waals surface area contributed by atoms with Gasteiger partial charge in [0.15, 0.2) is 0 Å². The molecule has 1 aliphatic rings. The molecule has 2 aromatic carbocycles. The lowest BCUT2D eigenvalue weighted by Gasteiger charge is -2.20. The van der Waals surface area contributed by atoms with Crippen molar-refractivity contribution < 1.29 is 4.39 Å². The van der Waals surface area contributed by atoms with Crippen molar-refractivity contribution in [2.75, 3.05) is 5.75 Å². The van der Waals surface area contributed by atoms with E-state index in [2.05, 4.69) is 24.3 Å². The smallest absolute Gasteiger partial charge is 0.123 e. The molecule has 0 aromatic heterocycles. The van der Waals surface area contributed by atoms with Gasteiger partial charge in [0, 0.05) is 22.6 Å². The SMILES string of the molecule is NC(c1ccc(F)cc1)C1CSc2ccccc21. The second-order valence-corrected chi connectivity index (χ2v) is 5.59. The number of hydrogen-bond donors (Lipinski definition) is 1. The first-order valence-corrected chi connectivity index (χ1v) is 6.97. The van der Waals surface area contributed by atoms with Crippen LogP contribution in [0.1, 0.15) is 23.1 Å². The van der Waals surface area contributed by atoms with Crippen molar-refractivity contribution in [2.45, 2.75) is 16.9 Å². The Morgan fingerprint density at radius 3 is 2.61 bits per heavy atom. The molecule has 0 fully saturated rings. The van der Waals surface area contributed by atoms with Crippen molar-refractivity contribution in [1.82, 2.24) is 0 Å². The van der Waals surface area contributed by atoms with Crippen LogP contribution in [0.4, 0.5) is 4.39 Å². The van der Waals surface area contributed by atoms with Crippen molar-refractivity contribution in [2.24, 2.45) is 5.73 Å². The fraction of sp³-hybridized carbons (Fsp3) is 0.200. The monoisotopic (exact) mass is 259 g/mol. The molecule has 0 spiro atoms. The highest BCUT2D eigenvalue weighted by Crippen LogP contribution is 2.44. The van der Waals surface area contributed by atoms with E-state index in [0.717, 1.165) is 11.3 Å². The lowest BCUT2D eigenvalue weighted by molar-refractivity contribution is 0.598. The number of hydrogen-bond acceptors (Lipinski definition) is 2. The molecule has 1 nitrogen and oxygen atoms in total. The molecular formula is C15H14FNS. The van der Waals surface area contributed by atoms with Crippen LogP contribution < -0.4 is 5.73 Å². The van der Waals surface area contributed by atoms with Crippen LogP contribution in [0.2, 0.25) is 0 Å². The van der Waals surface area contributed by atoms with Gasteiger partial charge in [-0.25, -0.2) is 4.39 Å². The first-order valence-electron chi connectivity index (χ1n) is 5.98. The Morgan fingerprint density at radius 1 is 1.11 bits per heavy atom. The second-order valence-electron chi connectivity index (χ2n) is 4.53. The Kier molecular flexibility index (Phi) is 3.10. The Morgan fingerprint density at radius 2 is 1.83 bits per heavy atom. The van der Waals surface area contributed by atoms with Gasteiger partial charge in [0.1, 0.15) is 5.82 Å². The standard InChI is InChI=1S/C15H14FNS/c16-11-7-5-10(6-8-11)15(17)13-9-18-14-4-2-1-3-12(13)14/h1-8,13,15H,9,17H2. The molecule has 0 amide bonds. The van der Waals surface area contributed by atoms with Gasteiger partial charge in [-0.15, -0.1) is 11.8 Å². The first kappa shape index (κ1) is 11.8. The van der Waals surface area contributed by atoms with Gasteiger partial charge in [-0.1, -0.05) is 30.3 Å². The molecule has 92 valence electrons. The molecule has 2 aromatic rings. The van der Waals surface area contributed by atoms with Crippen molar-refractivity contribution in [3.05, 3.63) is 65.5 Å². The van der Waals surface area contributed by atoms with Crippen LogP contribution in [-0.4, -0.2) is 5.75 Å². The summed E-state index contributed by atoms with van der Waals surface area (Å²) in [5, 5.41) is 0. The molecule has 0 bridgehead atoms. The Hall–Kier alpha value is -1.32. The molecule has 1 heterocycles. The van der Waals surface area contributed by atoms with E-state index < -0.39 is 0 Å². The highest BCUT2D eigenvalue weighted by molar-refractivity contribution is 7.99. The number of rotatable bonds is 2. The summed E-state index contributed by atoms with van der Waals surface area (Å²) >= 11 is 1.85. The average Bonchev–Trinajstić information content (AvgIpc) is 2.82. The third kappa shape index (κ3) is 2.04. The van der Waals surface area contributed by atoms with Gasteiger partial charge in [-0.3, -0.25) is 0 Å². The average molecular weight is 259 g/mol. The Balaban J connectivity index is 1.90. The number of halogens is 1. The van der Waals surface area contributed by atoms with Crippen molar-refractivity contribution in [3.8, 4) is 0 Å². The molecule has 3 heteroatoms. The van der Waals surface area contributed by atoms with Crippen molar-refractivity contribution in [1.29, 1.82) is 0 Å². The van der Waals surface area contributed by atoms with Crippen molar-refractivity contribution >= 4 is 11.8 Å². The Labute approximate surface area is 110 Å². The van der Waals surface area contributed by atoms with Crippen LogP contribution in [-0.2, 0) is 0 Å². The predicted octanol–water partition coefficient (Wildman–Crippen LogP) is 3.72. The summed E-state index contributed by atoms with van der Waals surface area (Å²) in [5.74, 6) is 1.10. The molecular weight excluding hydrogens is 245 g/mol. The van der Waals surface area contributed by atoms with E-state index in [1.54, 1.807) is 12.1 Å². The fourth-order valence-corrected chi connectivity index (χ4v) is 3.71. The van der Waals surface area contributed by atoms with Crippen LogP contribution in [0, 0.1) is 5.82 Å². The highest BCUT2D eigenvalue weighted by Gasteiger charge is 2.28. The van der Waals surface area contributed by atoms with Crippen LogP contribution in [0.15, 0.2) is 53.4 Å². The Bertz CT molecular complexity index is 553. The first-order chi connectivity index (χ1) is 8.75. The van der Waals surface area contributed by atoms with E-state index in [1.807, 2.05) is 11.8 Å². The summed E-state index contributed by atoms with van der Waals surface area (Å²) in [6, 6.07) is 14.8. The normalized spacial score (nSPS) is 19.6. The van der Waals surface area contributed by atoms with Gasteiger partial charge in [0.25, 0.3) is 0 Å². The summed E-state index contributed by atoms with van der Waals surface area (Å²) < 4.78 is 12.9. The molecule has 0 radical (unpaired) electrons. The zero-order valence-corrected chi connectivity index (χ0v) is 10.7. The third-order valence-electron chi connectivity index (χ3n) is 3.43. The predicted molar refractivity (Wildman–Crippen MR) is 73.2 cm³/mol. The van der Waals surface area contributed by atoms with E-state index in [0.29, 0.717) is 5.92 Å². The van der Waals surface area contributed by atoms with Gasteiger partial charge in [-0.05, 0) is 29.3 Å². The minimum atomic E-state index is -0.216. The van der Waals surface area contributed by atoms with E-state index in [-0.39, 0.29) is 11.9 Å². The molecule has 0 aliphatic carbocycles. The summed E-state index contributed by atoms with van der Waals surface area (Å²) in [6.45, 7) is 0. The van der Waals surface area contributed by atoms with Crippen LogP contribution in [0.5, 0.6) is 0 Å². The van der Waals surface area contributed by atoms with Gasteiger partial charge < -0.3 is 5.73 Å². The maximum atomic E-state index is 12.9. The molecule has 2 N–H and O–H groups in total. The number of fused-ring (bicyclic) bond motifs is 1. The fourth-order valence-electron chi connectivity index (χ4n) is 2.40. The zero-order chi connectivity index (χ0) is 12.5. The minimum Gasteiger partial charge on any atom is -0.323 e. The molecule has 18 heavy (non-hydrogen) atoms. The van der Waals surface area contributed by atoms with E-state index >= 15 is 0 Å². The largest absolute Gasteiger partial charge is 0.323 e. The zero-order valence-electron chi connectivity index (χ0n) is 9.84. The molecule has 3 rings (SSSR count). The number of benzene rings is 2. The molecule has 0 saturated heterocycles. The van der Waals surface area contributed by atoms with Gasteiger partial charge >= 0.3 is 0 Å². The maximum Gasteiger partial charge on any atom is 0.123 e. The van der Waals surface area contributed by atoms with Crippen LogP contribution >= 0.6 is 11.8 Å². The van der Waals surface area contributed by atoms with Crippen molar-refractivity contribution in [3.63, 3.8) is 0 Å². The van der Waals surface area contributed by atoms with Gasteiger partial charge in [-0.2, -0.15) is 0 Å². The van der Waals surface area contributed by atoms with Gasteiger partial charge in [0.2, 0.25) is 0 Å². The topological polar surface area (TPSA) is 26.0 Å².